The van der Waals surface area contributed by atoms with Crippen LogP contribution in [0, 0.1) is 0 Å². The second-order valence-corrected chi connectivity index (χ2v) is 3.59. The van der Waals surface area contributed by atoms with Gasteiger partial charge in [-0.1, -0.05) is 0 Å². The van der Waals surface area contributed by atoms with Crippen molar-refractivity contribution in [1.29, 1.82) is 0 Å². The average molecular weight is 221 g/mol. The van der Waals surface area contributed by atoms with E-state index in [1.807, 2.05) is 6.07 Å². The van der Waals surface area contributed by atoms with Crippen molar-refractivity contribution in [2.45, 2.75) is 0 Å². The van der Waals surface area contributed by atoms with E-state index >= 15 is 0 Å². The predicted molar refractivity (Wildman–Crippen MR) is 56.6 cm³/mol. The molecule has 0 aromatic carbocycles. The lowest BCUT2D eigenvalue weighted by atomic mass is 10.4. The van der Waals surface area contributed by atoms with Crippen LogP contribution in [0.3, 0.4) is 0 Å². The third-order valence-electron chi connectivity index (χ3n) is 2.59. The number of rotatable bonds is 1. The molecule has 3 rings (SSSR count). The van der Waals surface area contributed by atoms with E-state index in [1.165, 1.54) is 4.52 Å². The van der Waals surface area contributed by atoms with Crippen molar-refractivity contribution >= 4 is 11.5 Å². The molecule has 0 amide bonds. The summed E-state index contributed by atoms with van der Waals surface area (Å²) in [6.07, 6.45) is 0. The molecule has 0 spiro atoms. The van der Waals surface area contributed by atoms with E-state index in [9.17, 15) is 4.79 Å². The molecular weight excluding hydrogens is 210 g/mol. The normalized spacial score (nSPS) is 16.9. The molecule has 0 atom stereocenters. The second kappa shape index (κ2) is 3.60. The summed E-state index contributed by atoms with van der Waals surface area (Å²) in [4.78, 5) is 13.4. The summed E-state index contributed by atoms with van der Waals surface area (Å²) in [5, 5.41) is 10.4. The fraction of sp³-hybridized carbons (Fsp3) is 0.444. The van der Waals surface area contributed by atoms with Gasteiger partial charge in [0.2, 0.25) is 0 Å². The number of morpholine rings is 1. The summed E-state index contributed by atoms with van der Waals surface area (Å²) in [5.74, 6) is 0.777. The summed E-state index contributed by atoms with van der Waals surface area (Å²) in [6.45, 7) is 2.98. The fourth-order valence-electron chi connectivity index (χ4n) is 1.75. The van der Waals surface area contributed by atoms with Crippen LogP contribution in [0.15, 0.2) is 16.9 Å². The van der Waals surface area contributed by atoms with Gasteiger partial charge in [-0.25, -0.2) is 9.89 Å². The topological polar surface area (TPSA) is 75.5 Å². The molecule has 1 aliphatic rings. The van der Waals surface area contributed by atoms with E-state index in [-0.39, 0.29) is 5.69 Å². The van der Waals surface area contributed by atoms with Crippen LogP contribution in [0.1, 0.15) is 0 Å². The number of ether oxygens (including phenoxy) is 1. The molecule has 0 saturated carbocycles. The van der Waals surface area contributed by atoms with Gasteiger partial charge < -0.3 is 9.64 Å². The molecule has 0 unspecified atom stereocenters. The number of hydrogen-bond acceptors (Lipinski definition) is 5. The van der Waals surface area contributed by atoms with Gasteiger partial charge in [0.25, 0.3) is 0 Å². The van der Waals surface area contributed by atoms with Crippen molar-refractivity contribution < 1.29 is 4.74 Å². The van der Waals surface area contributed by atoms with Crippen LogP contribution in [0.4, 0.5) is 5.82 Å². The SMILES string of the molecule is O=c1[nH]nc2ccc(N3CCOCC3)nn12. The molecule has 1 N–H and O–H groups in total. The Balaban J connectivity index is 2.03. The zero-order chi connectivity index (χ0) is 11.0. The van der Waals surface area contributed by atoms with E-state index in [2.05, 4.69) is 20.2 Å². The third-order valence-corrected chi connectivity index (χ3v) is 2.59. The van der Waals surface area contributed by atoms with Crippen LogP contribution in [-0.4, -0.2) is 46.1 Å². The zero-order valence-corrected chi connectivity index (χ0v) is 8.59. The van der Waals surface area contributed by atoms with E-state index in [4.69, 9.17) is 4.74 Å². The molecule has 1 aliphatic heterocycles. The van der Waals surface area contributed by atoms with Crippen molar-refractivity contribution in [3.63, 3.8) is 0 Å². The summed E-state index contributed by atoms with van der Waals surface area (Å²) in [7, 11) is 0. The van der Waals surface area contributed by atoms with Crippen molar-refractivity contribution in [2.24, 2.45) is 0 Å². The first-order valence-electron chi connectivity index (χ1n) is 5.12. The number of aromatic amines is 1. The lowest BCUT2D eigenvalue weighted by molar-refractivity contribution is 0.122. The molecule has 16 heavy (non-hydrogen) atoms. The molecule has 0 aliphatic carbocycles. The number of nitrogens with zero attached hydrogens (tertiary/aromatic N) is 4. The minimum absolute atomic E-state index is 0.315. The number of H-pyrrole nitrogens is 1. The maximum absolute atomic E-state index is 11.4. The quantitative estimate of drug-likeness (QED) is 0.686. The molecule has 7 nitrogen and oxygen atoms in total. The molecule has 2 aromatic rings. The Morgan fingerprint density at radius 3 is 2.94 bits per heavy atom. The molecule has 0 radical (unpaired) electrons. The number of anilines is 1. The highest BCUT2D eigenvalue weighted by molar-refractivity contribution is 5.45. The molecule has 1 saturated heterocycles. The molecule has 2 aromatic heterocycles. The fourth-order valence-corrected chi connectivity index (χ4v) is 1.75. The highest BCUT2D eigenvalue weighted by Crippen LogP contribution is 2.11. The Labute approximate surface area is 90.6 Å². The summed E-state index contributed by atoms with van der Waals surface area (Å²) in [6, 6.07) is 3.64. The average Bonchev–Trinajstić information content (AvgIpc) is 2.72. The minimum atomic E-state index is -0.315. The number of fused-ring (bicyclic) bond motifs is 1. The summed E-state index contributed by atoms with van der Waals surface area (Å²) in [5.41, 5.74) is 0.215. The summed E-state index contributed by atoms with van der Waals surface area (Å²) < 4.78 is 6.53. The largest absolute Gasteiger partial charge is 0.378 e. The number of hydrogen-bond donors (Lipinski definition) is 1. The highest BCUT2D eigenvalue weighted by Gasteiger charge is 2.13. The van der Waals surface area contributed by atoms with E-state index in [1.54, 1.807) is 6.07 Å². The van der Waals surface area contributed by atoms with Crippen molar-refractivity contribution in [3.8, 4) is 0 Å². The molecule has 3 heterocycles. The number of aromatic nitrogens is 4. The maximum Gasteiger partial charge on any atom is 0.364 e. The molecular formula is C9H11N5O2. The van der Waals surface area contributed by atoms with Gasteiger partial charge in [0.1, 0.15) is 5.82 Å². The van der Waals surface area contributed by atoms with Gasteiger partial charge in [-0.15, -0.1) is 5.10 Å². The predicted octanol–water partition coefficient (Wildman–Crippen LogP) is -0.746. The van der Waals surface area contributed by atoms with Crippen LogP contribution in [0.2, 0.25) is 0 Å². The van der Waals surface area contributed by atoms with E-state index < -0.39 is 0 Å². The smallest absolute Gasteiger partial charge is 0.364 e. The lowest BCUT2D eigenvalue weighted by Crippen LogP contribution is -2.37. The van der Waals surface area contributed by atoms with Crippen molar-refractivity contribution in [2.75, 3.05) is 31.2 Å². The third kappa shape index (κ3) is 1.45. The van der Waals surface area contributed by atoms with Gasteiger partial charge in [0, 0.05) is 13.1 Å². The standard InChI is InChI=1S/C9H11N5O2/c15-9-11-10-7-1-2-8(12-14(7)9)13-3-5-16-6-4-13/h1-2H,3-6H2,(H,11,15). The van der Waals surface area contributed by atoms with Gasteiger partial charge in [-0.3, -0.25) is 0 Å². The Morgan fingerprint density at radius 1 is 1.31 bits per heavy atom. The van der Waals surface area contributed by atoms with Gasteiger partial charge >= 0.3 is 5.69 Å². The zero-order valence-electron chi connectivity index (χ0n) is 8.59. The summed E-state index contributed by atoms with van der Waals surface area (Å²) >= 11 is 0. The molecule has 1 fully saturated rings. The second-order valence-electron chi connectivity index (χ2n) is 3.59. The first-order valence-corrected chi connectivity index (χ1v) is 5.12. The van der Waals surface area contributed by atoms with Gasteiger partial charge in [0.05, 0.1) is 13.2 Å². The molecule has 84 valence electrons. The Morgan fingerprint density at radius 2 is 2.12 bits per heavy atom. The highest BCUT2D eigenvalue weighted by atomic mass is 16.5. The Hall–Kier alpha value is -1.89. The molecule has 0 bridgehead atoms. The first-order chi connectivity index (χ1) is 7.84. The van der Waals surface area contributed by atoms with Crippen LogP contribution in [0.25, 0.3) is 5.65 Å². The van der Waals surface area contributed by atoms with Crippen LogP contribution >= 0.6 is 0 Å². The Kier molecular flexibility index (Phi) is 2.10. The Bertz CT molecular complexity index is 554. The van der Waals surface area contributed by atoms with Gasteiger partial charge in [-0.05, 0) is 12.1 Å². The number of nitrogens with one attached hydrogen (secondary N) is 1. The first kappa shape index (κ1) is 9.34. The lowest BCUT2D eigenvalue weighted by Gasteiger charge is -2.27. The van der Waals surface area contributed by atoms with E-state index in [0.29, 0.717) is 18.9 Å². The minimum Gasteiger partial charge on any atom is -0.378 e. The van der Waals surface area contributed by atoms with E-state index in [0.717, 1.165) is 18.9 Å². The molecule has 7 heteroatoms. The monoisotopic (exact) mass is 221 g/mol. The van der Waals surface area contributed by atoms with Crippen molar-refractivity contribution in [3.05, 3.63) is 22.6 Å². The van der Waals surface area contributed by atoms with Gasteiger partial charge in [-0.2, -0.15) is 9.61 Å². The van der Waals surface area contributed by atoms with Gasteiger partial charge in [0.15, 0.2) is 5.65 Å². The van der Waals surface area contributed by atoms with Crippen LogP contribution in [0.5, 0.6) is 0 Å². The van der Waals surface area contributed by atoms with Crippen molar-refractivity contribution in [1.82, 2.24) is 19.8 Å². The maximum atomic E-state index is 11.4. The van der Waals surface area contributed by atoms with Crippen LogP contribution < -0.4 is 10.6 Å². The van der Waals surface area contributed by atoms with Crippen LogP contribution in [-0.2, 0) is 4.74 Å².